The molecule has 0 spiro atoms. The molecule has 5 atom stereocenters. The van der Waals surface area contributed by atoms with Crippen LogP contribution in [0.25, 0.3) is 0 Å². The number of rotatable bonds is 5. The van der Waals surface area contributed by atoms with Crippen molar-refractivity contribution in [2.24, 2.45) is 11.8 Å². The monoisotopic (exact) mass is 297 g/mol. The molecule has 21 heavy (non-hydrogen) atoms. The summed E-state index contributed by atoms with van der Waals surface area (Å²) in [7, 11) is 0. The number of carboxylic acid groups (broad SMARTS) is 2. The van der Waals surface area contributed by atoms with Crippen LogP contribution in [0.15, 0.2) is 0 Å². The summed E-state index contributed by atoms with van der Waals surface area (Å²) in [6, 6.07) is -1.41. The molecule has 2 amide bonds. The molecule has 0 radical (unpaired) electrons. The van der Waals surface area contributed by atoms with Gasteiger partial charge in [0.05, 0.1) is 24.0 Å². The van der Waals surface area contributed by atoms with Crippen molar-refractivity contribution in [1.82, 2.24) is 4.90 Å². The normalized spacial score (nSPS) is 35.1. The van der Waals surface area contributed by atoms with Gasteiger partial charge in [-0.15, -0.1) is 0 Å². The van der Waals surface area contributed by atoms with Crippen LogP contribution in [0.2, 0.25) is 0 Å². The summed E-state index contributed by atoms with van der Waals surface area (Å²) in [6.45, 7) is 0. The van der Waals surface area contributed by atoms with E-state index in [-0.39, 0.29) is 18.6 Å². The van der Waals surface area contributed by atoms with Crippen molar-refractivity contribution < 1.29 is 34.1 Å². The lowest BCUT2D eigenvalue weighted by atomic mass is 9.81. The van der Waals surface area contributed by atoms with E-state index in [9.17, 15) is 24.3 Å². The van der Waals surface area contributed by atoms with Crippen molar-refractivity contribution in [3.05, 3.63) is 0 Å². The maximum absolute atomic E-state index is 12.4. The molecule has 0 aliphatic carbocycles. The van der Waals surface area contributed by atoms with Gasteiger partial charge in [0.1, 0.15) is 6.04 Å². The number of ether oxygens (including phenoxy) is 1. The first-order valence-corrected chi connectivity index (χ1v) is 6.88. The Kier molecular flexibility index (Phi) is 3.20. The first-order chi connectivity index (χ1) is 9.91. The smallest absolute Gasteiger partial charge is 0.326 e. The van der Waals surface area contributed by atoms with E-state index in [0.29, 0.717) is 12.8 Å². The Labute approximate surface area is 119 Å². The van der Waals surface area contributed by atoms with Gasteiger partial charge in [-0.05, 0) is 19.3 Å². The Morgan fingerprint density at radius 3 is 2.10 bits per heavy atom. The molecule has 114 valence electrons. The highest BCUT2D eigenvalue weighted by Crippen LogP contribution is 2.49. The number of nitrogens with zero attached hydrogens (tertiary/aromatic N) is 1. The van der Waals surface area contributed by atoms with Crippen molar-refractivity contribution in [3.8, 4) is 0 Å². The van der Waals surface area contributed by atoms with Crippen molar-refractivity contribution in [2.75, 3.05) is 0 Å². The fourth-order valence-corrected chi connectivity index (χ4v) is 3.67. The average Bonchev–Trinajstić information content (AvgIpc) is 3.06. The van der Waals surface area contributed by atoms with Gasteiger partial charge >= 0.3 is 11.9 Å². The number of imide groups is 1. The molecular formula is C13H15NO7. The summed E-state index contributed by atoms with van der Waals surface area (Å²) in [5.41, 5.74) is 0. The lowest BCUT2D eigenvalue weighted by Gasteiger charge is -2.24. The van der Waals surface area contributed by atoms with Gasteiger partial charge in [-0.3, -0.25) is 19.3 Å². The predicted octanol–water partition coefficient (Wildman–Crippen LogP) is -0.533. The minimum Gasteiger partial charge on any atom is -0.481 e. The van der Waals surface area contributed by atoms with Crippen LogP contribution in [0.3, 0.4) is 0 Å². The fourth-order valence-electron chi connectivity index (χ4n) is 3.67. The molecule has 2 N–H and O–H groups in total. The van der Waals surface area contributed by atoms with E-state index in [1.54, 1.807) is 0 Å². The van der Waals surface area contributed by atoms with Crippen molar-refractivity contribution in [1.29, 1.82) is 0 Å². The highest BCUT2D eigenvalue weighted by Gasteiger charge is 2.63. The first kappa shape index (κ1) is 14.0. The van der Waals surface area contributed by atoms with Crippen LogP contribution < -0.4 is 0 Å². The summed E-state index contributed by atoms with van der Waals surface area (Å²) in [5, 5.41) is 17.9. The number of aliphatic carboxylic acids is 2. The molecule has 3 heterocycles. The van der Waals surface area contributed by atoms with E-state index < -0.39 is 48.1 Å². The Balaban J connectivity index is 1.84. The quantitative estimate of drug-likeness (QED) is 0.654. The third-order valence-corrected chi connectivity index (χ3v) is 4.55. The standard InChI is InChI=1S/C13H15NO7/c15-8(16)4-1-5(13(19)20)14-11(17)9-6-2-3-7(21-6)10(9)12(14)18/h5-7,9-10H,1-4H2,(H,15,16)(H,19,20)/t5-,6+,7?,9?,10?/m1/s1. The maximum atomic E-state index is 12.4. The third kappa shape index (κ3) is 2.01. The number of carboxylic acids is 2. The number of hydrogen-bond donors (Lipinski definition) is 2. The van der Waals surface area contributed by atoms with Crippen molar-refractivity contribution in [2.45, 2.75) is 43.9 Å². The largest absolute Gasteiger partial charge is 0.481 e. The SMILES string of the molecule is O=C(O)CC[C@H](C(=O)O)N1C(=O)C2C3CC[C@H](O3)C2C1=O. The summed E-state index contributed by atoms with van der Waals surface area (Å²) in [6.07, 6.45) is 0.0902. The molecule has 0 aromatic heterocycles. The first-order valence-electron chi connectivity index (χ1n) is 6.88. The van der Waals surface area contributed by atoms with E-state index in [0.717, 1.165) is 4.90 Å². The van der Waals surface area contributed by atoms with Gasteiger partial charge in [-0.2, -0.15) is 0 Å². The van der Waals surface area contributed by atoms with Gasteiger partial charge in [-0.1, -0.05) is 0 Å². The van der Waals surface area contributed by atoms with Crippen LogP contribution in [0.1, 0.15) is 25.7 Å². The Hall–Kier alpha value is -1.96. The molecule has 0 aromatic carbocycles. The Bertz CT molecular complexity index is 503. The van der Waals surface area contributed by atoms with E-state index in [4.69, 9.17) is 9.84 Å². The summed E-state index contributed by atoms with van der Waals surface area (Å²) < 4.78 is 5.56. The van der Waals surface area contributed by atoms with Crippen LogP contribution in [-0.4, -0.2) is 57.1 Å². The summed E-state index contributed by atoms with van der Waals surface area (Å²) >= 11 is 0. The molecule has 3 aliphatic heterocycles. The van der Waals surface area contributed by atoms with Crippen LogP contribution >= 0.6 is 0 Å². The predicted molar refractivity (Wildman–Crippen MR) is 65.0 cm³/mol. The molecule has 3 unspecified atom stereocenters. The molecule has 3 aliphatic rings. The number of carbonyl (C=O) groups excluding carboxylic acids is 2. The molecule has 3 saturated heterocycles. The van der Waals surface area contributed by atoms with Gasteiger partial charge in [0.15, 0.2) is 0 Å². The number of amides is 2. The highest BCUT2D eigenvalue weighted by atomic mass is 16.5. The second-order valence-electron chi connectivity index (χ2n) is 5.67. The Morgan fingerprint density at radius 2 is 1.67 bits per heavy atom. The summed E-state index contributed by atoms with van der Waals surface area (Å²) in [4.78, 5) is 47.5. The zero-order valence-corrected chi connectivity index (χ0v) is 11.1. The second kappa shape index (κ2) is 4.80. The van der Waals surface area contributed by atoms with Gasteiger partial charge in [0.25, 0.3) is 0 Å². The number of fused-ring (bicyclic) bond motifs is 5. The zero-order valence-electron chi connectivity index (χ0n) is 11.1. The van der Waals surface area contributed by atoms with Gasteiger partial charge < -0.3 is 14.9 Å². The molecule has 8 nitrogen and oxygen atoms in total. The van der Waals surface area contributed by atoms with Gasteiger partial charge in [0, 0.05) is 6.42 Å². The van der Waals surface area contributed by atoms with Crippen LogP contribution in [-0.2, 0) is 23.9 Å². The van der Waals surface area contributed by atoms with E-state index >= 15 is 0 Å². The van der Waals surface area contributed by atoms with Crippen LogP contribution in [0.5, 0.6) is 0 Å². The zero-order chi connectivity index (χ0) is 15.3. The second-order valence-corrected chi connectivity index (χ2v) is 5.67. The lowest BCUT2D eigenvalue weighted by Crippen LogP contribution is -2.47. The van der Waals surface area contributed by atoms with E-state index in [1.165, 1.54) is 0 Å². The molecular weight excluding hydrogens is 282 g/mol. The molecule has 3 fully saturated rings. The lowest BCUT2D eigenvalue weighted by molar-refractivity contribution is -0.157. The van der Waals surface area contributed by atoms with Crippen LogP contribution in [0.4, 0.5) is 0 Å². The number of carbonyl (C=O) groups is 4. The van der Waals surface area contributed by atoms with E-state index in [2.05, 4.69) is 0 Å². The van der Waals surface area contributed by atoms with Crippen molar-refractivity contribution in [3.63, 3.8) is 0 Å². The molecule has 2 bridgehead atoms. The third-order valence-electron chi connectivity index (χ3n) is 4.55. The summed E-state index contributed by atoms with van der Waals surface area (Å²) in [5.74, 6) is -4.77. The fraction of sp³-hybridized carbons (Fsp3) is 0.692. The highest BCUT2D eigenvalue weighted by molar-refractivity contribution is 6.08. The molecule has 3 rings (SSSR count). The molecule has 8 heteroatoms. The minimum atomic E-state index is -1.41. The van der Waals surface area contributed by atoms with E-state index in [1.807, 2.05) is 0 Å². The molecule has 0 saturated carbocycles. The van der Waals surface area contributed by atoms with Gasteiger partial charge in [0.2, 0.25) is 11.8 Å². The number of likely N-dealkylation sites (tertiary alicyclic amines) is 1. The molecule has 0 aromatic rings. The average molecular weight is 297 g/mol. The topological polar surface area (TPSA) is 121 Å². The van der Waals surface area contributed by atoms with Crippen LogP contribution in [0, 0.1) is 11.8 Å². The minimum absolute atomic E-state index is 0.280. The van der Waals surface area contributed by atoms with Crippen molar-refractivity contribution >= 4 is 23.8 Å². The number of hydrogen-bond acceptors (Lipinski definition) is 5. The Morgan fingerprint density at radius 1 is 1.14 bits per heavy atom. The van der Waals surface area contributed by atoms with Gasteiger partial charge in [-0.25, -0.2) is 4.79 Å². The maximum Gasteiger partial charge on any atom is 0.326 e.